The highest BCUT2D eigenvalue weighted by molar-refractivity contribution is 8.00. The Morgan fingerprint density at radius 3 is 2.19 bits per heavy atom. The minimum atomic E-state index is -0.428. The van der Waals surface area contributed by atoms with E-state index in [2.05, 4.69) is 0 Å². The smallest absolute Gasteiger partial charge is 0.262 e. The van der Waals surface area contributed by atoms with Gasteiger partial charge in [-0.25, -0.2) is 4.98 Å². The Morgan fingerprint density at radius 1 is 0.906 bits per heavy atom. The van der Waals surface area contributed by atoms with Crippen molar-refractivity contribution in [1.29, 1.82) is 0 Å². The molecule has 0 saturated heterocycles. The van der Waals surface area contributed by atoms with Gasteiger partial charge in [-0.3, -0.25) is 14.2 Å². The number of carbonyl (C=O) groups is 1. The van der Waals surface area contributed by atoms with Crippen molar-refractivity contribution in [3.8, 4) is 0 Å². The number of nitrogens with zero attached hydrogens (tertiary/aromatic N) is 3. The number of rotatable bonds is 6. The summed E-state index contributed by atoms with van der Waals surface area (Å²) in [7, 11) is 1.77. The zero-order valence-electron chi connectivity index (χ0n) is 18.3. The van der Waals surface area contributed by atoms with Gasteiger partial charge in [0.25, 0.3) is 5.56 Å². The molecular weight excluding hydrogens is 418 g/mol. The Bertz CT molecular complexity index is 1290. The molecule has 3 aromatic carbocycles. The Balaban J connectivity index is 1.74. The third-order valence-corrected chi connectivity index (χ3v) is 6.60. The van der Waals surface area contributed by atoms with E-state index in [1.54, 1.807) is 22.6 Å². The maximum absolute atomic E-state index is 13.5. The molecule has 0 aliphatic rings. The molecule has 0 N–H and O–H groups in total. The average Bonchev–Trinajstić information content (AvgIpc) is 2.84. The van der Waals surface area contributed by atoms with Crippen molar-refractivity contribution in [2.75, 3.05) is 11.9 Å². The predicted octanol–water partition coefficient (Wildman–Crippen LogP) is 5.15. The monoisotopic (exact) mass is 443 g/mol. The van der Waals surface area contributed by atoms with Crippen molar-refractivity contribution in [2.45, 2.75) is 30.3 Å². The van der Waals surface area contributed by atoms with Crippen LogP contribution >= 0.6 is 11.8 Å². The highest BCUT2D eigenvalue weighted by atomic mass is 32.2. The number of carbonyl (C=O) groups excluding carboxylic acids is 1. The van der Waals surface area contributed by atoms with Crippen LogP contribution in [0.25, 0.3) is 10.9 Å². The Morgan fingerprint density at radius 2 is 1.50 bits per heavy atom. The maximum Gasteiger partial charge on any atom is 0.262 e. The lowest BCUT2D eigenvalue weighted by atomic mass is 10.1. The van der Waals surface area contributed by atoms with Crippen LogP contribution in [0, 0.1) is 0 Å². The first kappa shape index (κ1) is 21.8. The third-order valence-electron chi connectivity index (χ3n) is 5.55. The van der Waals surface area contributed by atoms with Crippen LogP contribution in [0.1, 0.15) is 25.5 Å². The number of aromatic nitrogens is 2. The van der Waals surface area contributed by atoms with Gasteiger partial charge in [-0.1, -0.05) is 72.4 Å². The fraction of sp³-hybridized carbons (Fsp3) is 0.192. The van der Waals surface area contributed by atoms with Crippen molar-refractivity contribution >= 4 is 34.3 Å². The van der Waals surface area contributed by atoms with Gasteiger partial charge in [-0.05, 0) is 43.7 Å². The van der Waals surface area contributed by atoms with Crippen LogP contribution in [0.3, 0.4) is 0 Å². The topological polar surface area (TPSA) is 55.2 Å². The molecule has 0 unspecified atom stereocenters. The molecule has 32 heavy (non-hydrogen) atoms. The number of benzene rings is 3. The summed E-state index contributed by atoms with van der Waals surface area (Å²) in [4.78, 5) is 33.1. The molecule has 0 aliphatic carbocycles. The van der Waals surface area contributed by atoms with Crippen LogP contribution in [-0.2, 0) is 4.79 Å². The number of amides is 1. The zero-order valence-corrected chi connectivity index (χ0v) is 19.1. The van der Waals surface area contributed by atoms with Gasteiger partial charge < -0.3 is 4.90 Å². The number of hydrogen-bond donors (Lipinski definition) is 0. The SMILES string of the molecule is C[C@H](Sc1nc2ccccc2c(=O)n1[C@@H](C)c1ccccc1)C(=O)N(C)c1ccccc1. The first-order chi connectivity index (χ1) is 15.5. The Labute approximate surface area is 191 Å². The summed E-state index contributed by atoms with van der Waals surface area (Å²) in [6.45, 7) is 3.84. The van der Waals surface area contributed by atoms with Crippen LogP contribution < -0.4 is 10.5 Å². The summed E-state index contributed by atoms with van der Waals surface area (Å²) in [6, 6.07) is 26.5. The lowest BCUT2D eigenvalue weighted by Gasteiger charge is -2.24. The first-order valence-electron chi connectivity index (χ1n) is 10.5. The van der Waals surface area contributed by atoms with Crippen molar-refractivity contribution in [3.05, 3.63) is 101 Å². The van der Waals surface area contributed by atoms with Crippen LogP contribution in [0.15, 0.2) is 94.9 Å². The largest absolute Gasteiger partial charge is 0.315 e. The van der Waals surface area contributed by atoms with E-state index in [0.717, 1.165) is 11.3 Å². The highest BCUT2D eigenvalue weighted by Crippen LogP contribution is 2.29. The van der Waals surface area contributed by atoms with Gasteiger partial charge >= 0.3 is 0 Å². The summed E-state index contributed by atoms with van der Waals surface area (Å²) in [5.41, 5.74) is 2.36. The van der Waals surface area contributed by atoms with Crippen molar-refractivity contribution in [1.82, 2.24) is 9.55 Å². The molecule has 0 spiro atoms. The molecule has 4 rings (SSSR count). The van der Waals surface area contributed by atoms with Gasteiger partial charge in [0.1, 0.15) is 0 Å². The Hall–Kier alpha value is -3.38. The fourth-order valence-corrected chi connectivity index (χ4v) is 4.77. The molecular formula is C26H25N3O2S. The van der Waals surface area contributed by atoms with Crippen molar-refractivity contribution in [3.63, 3.8) is 0 Å². The number of fused-ring (bicyclic) bond motifs is 1. The van der Waals surface area contributed by atoms with Crippen molar-refractivity contribution < 1.29 is 4.79 Å². The standard InChI is InChI=1S/C26H25N3O2S/c1-18(20-12-6-4-7-13-20)29-25(31)22-16-10-11-17-23(22)27-26(29)32-19(2)24(30)28(3)21-14-8-5-9-15-21/h4-19H,1-3H3/t18-,19-/m0/s1. The molecule has 1 aromatic heterocycles. The van der Waals surface area contributed by atoms with E-state index in [-0.39, 0.29) is 17.5 Å². The number of para-hydroxylation sites is 2. The second-order valence-electron chi connectivity index (χ2n) is 7.67. The molecule has 0 radical (unpaired) electrons. The number of thioether (sulfide) groups is 1. The van der Waals surface area contributed by atoms with Gasteiger partial charge in [0.05, 0.1) is 22.2 Å². The normalized spacial score (nSPS) is 13.0. The molecule has 1 amide bonds. The Kier molecular flexibility index (Phi) is 6.42. The molecule has 0 fully saturated rings. The van der Waals surface area contributed by atoms with Gasteiger partial charge in [0, 0.05) is 12.7 Å². The second kappa shape index (κ2) is 9.40. The quantitative estimate of drug-likeness (QED) is 0.305. The van der Waals surface area contributed by atoms with Gasteiger partial charge in [-0.2, -0.15) is 0 Å². The number of hydrogen-bond acceptors (Lipinski definition) is 4. The zero-order chi connectivity index (χ0) is 22.7. The summed E-state index contributed by atoms with van der Waals surface area (Å²) in [5.74, 6) is -0.0532. The van der Waals surface area contributed by atoms with Gasteiger partial charge in [-0.15, -0.1) is 0 Å². The van der Waals surface area contributed by atoms with Gasteiger partial charge in [0.2, 0.25) is 5.91 Å². The molecule has 0 bridgehead atoms. The molecule has 5 nitrogen and oxygen atoms in total. The molecule has 1 heterocycles. The fourth-order valence-electron chi connectivity index (χ4n) is 3.69. The van der Waals surface area contributed by atoms with E-state index < -0.39 is 5.25 Å². The molecule has 0 saturated carbocycles. The van der Waals surface area contributed by atoms with E-state index in [0.29, 0.717) is 16.1 Å². The van der Waals surface area contributed by atoms with Gasteiger partial charge in [0.15, 0.2) is 5.16 Å². The average molecular weight is 444 g/mol. The molecule has 4 aromatic rings. The highest BCUT2D eigenvalue weighted by Gasteiger charge is 2.24. The lowest BCUT2D eigenvalue weighted by Crippen LogP contribution is -2.34. The minimum Gasteiger partial charge on any atom is -0.315 e. The van der Waals surface area contributed by atoms with Crippen molar-refractivity contribution in [2.24, 2.45) is 0 Å². The van der Waals surface area contributed by atoms with E-state index in [9.17, 15) is 9.59 Å². The predicted molar refractivity (Wildman–Crippen MR) is 131 cm³/mol. The summed E-state index contributed by atoms with van der Waals surface area (Å²) >= 11 is 1.31. The maximum atomic E-state index is 13.5. The summed E-state index contributed by atoms with van der Waals surface area (Å²) in [6.07, 6.45) is 0. The molecule has 162 valence electrons. The summed E-state index contributed by atoms with van der Waals surface area (Å²) in [5, 5.41) is 0.676. The van der Waals surface area contributed by atoms with Crippen LogP contribution in [-0.4, -0.2) is 27.8 Å². The van der Waals surface area contributed by atoms with E-state index in [4.69, 9.17) is 4.98 Å². The van der Waals surface area contributed by atoms with Crippen LogP contribution in [0.5, 0.6) is 0 Å². The van der Waals surface area contributed by atoms with E-state index in [1.807, 2.05) is 92.7 Å². The third kappa shape index (κ3) is 4.32. The summed E-state index contributed by atoms with van der Waals surface area (Å²) < 4.78 is 1.70. The first-order valence-corrected chi connectivity index (χ1v) is 11.4. The van der Waals surface area contributed by atoms with Crippen LogP contribution in [0.4, 0.5) is 5.69 Å². The van der Waals surface area contributed by atoms with E-state index in [1.165, 1.54) is 11.8 Å². The molecule has 0 aliphatic heterocycles. The lowest BCUT2D eigenvalue weighted by molar-refractivity contribution is -0.117. The van der Waals surface area contributed by atoms with Crippen LogP contribution in [0.2, 0.25) is 0 Å². The second-order valence-corrected chi connectivity index (χ2v) is 8.97. The number of anilines is 1. The molecule has 6 heteroatoms. The molecule has 2 atom stereocenters. The minimum absolute atomic E-state index is 0.0532. The van der Waals surface area contributed by atoms with E-state index >= 15 is 0 Å².